The summed E-state index contributed by atoms with van der Waals surface area (Å²) in [4.78, 5) is 22.5. The number of aliphatic carboxylic acids is 1. The molecular weight excluding hydrogens is 262 g/mol. The summed E-state index contributed by atoms with van der Waals surface area (Å²) in [7, 11) is 0. The molecule has 0 fully saturated rings. The van der Waals surface area contributed by atoms with Crippen molar-refractivity contribution in [2.45, 2.75) is 32.0 Å². The lowest BCUT2D eigenvalue weighted by molar-refractivity contribution is -0.146. The number of aliphatic hydroxyl groups excluding tert-OH is 1. The van der Waals surface area contributed by atoms with Crippen LogP contribution in [0.4, 0.5) is 0 Å². The van der Waals surface area contributed by atoms with Gasteiger partial charge in [0.05, 0.1) is 12.1 Å². The van der Waals surface area contributed by atoms with Crippen molar-refractivity contribution in [3.8, 4) is 5.75 Å². The minimum absolute atomic E-state index is 0.0106. The van der Waals surface area contributed by atoms with Gasteiger partial charge in [0.15, 0.2) is 6.10 Å². The van der Waals surface area contributed by atoms with Gasteiger partial charge in [-0.1, -0.05) is 19.1 Å². The zero-order valence-electron chi connectivity index (χ0n) is 11.3. The molecule has 0 radical (unpaired) electrons. The van der Waals surface area contributed by atoms with Gasteiger partial charge in [0, 0.05) is 11.5 Å². The number of para-hydroxylation sites is 1. The summed E-state index contributed by atoms with van der Waals surface area (Å²) in [5.74, 6) is -1.09. The lowest BCUT2D eigenvalue weighted by atomic mass is 9.97. The third kappa shape index (κ3) is 2.60. The first-order valence-corrected chi connectivity index (χ1v) is 6.40. The SMILES string of the molecule is CC1Oc2c(C(=O)NC[C@H](O)C(=O)O)cccc2C1C. The number of rotatable bonds is 4. The van der Waals surface area contributed by atoms with Crippen molar-refractivity contribution in [2.24, 2.45) is 0 Å². The maximum absolute atomic E-state index is 12.0. The zero-order valence-corrected chi connectivity index (χ0v) is 11.3. The lowest BCUT2D eigenvalue weighted by Gasteiger charge is -2.11. The minimum atomic E-state index is -1.62. The van der Waals surface area contributed by atoms with Crippen molar-refractivity contribution in [3.63, 3.8) is 0 Å². The van der Waals surface area contributed by atoms with E-state index in [0.717, 1.165) is 5.56 Å². The number of carboxylic acid groups (broad SMARTS) is 1. The molecule has 3 atom stereocenters. The number of carbonyl (C=O) groups excluding carboxylic acids is 1. The van der Waals surface area contributed by atoms with Crippen molar-refractivity contribution in [2.75, 3.05) is 6.54 Å². The summed E-state index contributed by atoms with van der Waals surface area (Å²) in [5.41, 5.74) is 1.32. The zero-order chi connectivity index (χ0) is 14.9. The molecule has 0 bridgehead atoms. The summed E-state index contributed by atoms with van der Waals surface area (Å²) in [6.07, 6.45) is -1.63. The molecule has 1 heterocycles. The highest BCUT2D eigenvalue weighted by Crippen LogP contribution is 2.40. The van der Waals surface area contributed by atoms with Crippen LogP contribution >= 0.6 is 0 Å². The third-order valence-corrected chi connectivity index (χ3v) is 3.53. The van der Waals surface area contributed by atoms with Crippen LogP contribution in [0.25, 0.3) is 0 Å². The maximum Gasteiger partial charge on any atom is 0.334 e. The smallest absolute Gasteiger partial charge is 0.334 e. The van der Waals surface area contributed by atoms with Crippen LogP contribution in [0, 0.1) is 0 Å². The molecule has 20 heavy (non-hydrogen) atoms. The largest absolute Gasteiger partial charge is 0.489 e. The summed E-state index contributed by atoms with van der Waals surface area (Å²) in [5, 5.41) is 20.1. The molecule has 2 rings (SSSR count). The van der Waals surface area contributed by atoms with Crippen LogP contribution in [0.2, 0.25) is 0 Å². The van der Waals surface area contributed by atoms with E-state index in [4.69, 9.17) is 14.9 Å². The van der Waals surface area contributed by atoms with Gasteiger partial charge in [-0.3, -0.25) is 4.79 Å². The number of ether oxygens (including phenoxy) is 1. The Hall–Kier alpha value is -2.08. The fourth-order valence-corrected chi connectivity index (χ4v) is 2.14. The second-order valence-electron chi connectivity index (χ2n) is 4.90. The molecule has 0 spiro atoms. The molecule has 3 N–H and O–H groups in total. The van der Waals surface area contributed by atoms with Crippen molar-refractivity contribution >= 4 is 11.9 Å². The second kappa shape index (κ2) is 5.50. The van der Waals surface area contributed by atoms with Gasteiger partial charge in [0.25, 0.3) is 5.91 Å². The molecule has 6 nitrogen and oxygen atoms in total. The topological polar surface area (TPSA) is 95.9 Å². The van der Waals surface area contributed by atoms with Crippen LogP contribution in [-0.2, 0) is 4.79 Å². The number of carboxylic acids is 1. The fourth-order valence-electron chi connectivity index (χ4n) is 2.14. The number of hydrogen-bond donors (Lipinski definition) is 3. The third-order valence-electron chi connectivity index (χ3n) is 3.53. The minimum Gasteiger partial charge on any atom is -0.489 e. The van der Waals surface area contributed by atoms with Crippen molar-refractivity contribution < 1.29 is 24.5 Å². The standard InChI is InChI=1S/C14H17NO5/c1-7-8(2)20-12-9(7)4-3-5-10(12)13(17)15-6-11(16)14(18)19/h3-5,7-8,11,16H,6H2,1-2H3,(H,15,17)(H,18,19)/t7?,8?,11-/m0/s1. The number of amides is 1. The van der Waals surface area contributed by atoms with E-state index in [2.05, 4.69) is 5.32 Å². The lowest BCUT2D eigenvalue weighted by Crippen LogP contribution is -2.36. The summed E-state index contributed by atoms with van der Waals surface area (Å²) < 4.78 is 5.69. The monoisotopic (exact) mass is 279 g/mol. The molecule has 1 aromatic rings. The Balaban J connectivity index is 2.15. The van der Waals surface area contributed by atoms with Gasteiger partial charge in [-0.05, 0) is 13.0 Å². The Bertz CT molecular complexity index is 542. The number of hydrogen-bond acceptors (Lipinski definition) is 4. The molecule has 0 saturated carbocycles. The van der Waals surface area contributed by atoms with Gasteiger partial charge in [-0.15, -0.1) is 0 Å². The molecule has 6 heteroatoms. The van der Waals surface area contributed by atoms with E-state index in [0.29, 0.717) is 11.3 Å². The molecule has 1 aliphatic heterocycles. The molecule has 1 amide bonds. The normalized spacial score (nSPS) is 21.8. The van der Waals surface area contributed by atoms with Gasteiger partial charge >= 0.3 is 5.97 Å². The van der Waals surface area contributed by atoms with Crippen LogP contribution < -0.4 is 10.1 Å². The summed E-state index contributed by atoms with van der Waals surface area (Å²) in [6, 6.07) is 5.29. The molecule has 0 aliphatic carbocycles. The molecule has 1 aliphatic rings. The Morgan fingerprint density at radius 1 is 1.40 bits per heavy atom. The number of nitrogens with one attached hydrogen (secondary N) is 1. The van der Waals surface area contributed by atoms with E-state index in [1.165, 1.54) is 0 Å². The van der Waals surface area contributed by atoms with E-state index in [1.54, 1.807) is 12.1 Å². The van der Waals surface area contributed by atoms with Crippen molar-refractivity contribution in [3.05, 3.63) is 29.3 Å². The Morgan fingerprint density at radius 3 is 2.75 bits per heavy atom. The van der Waals surface area contributed by atoms with Crippen LogP contribution in [-0.4, -0.2) is 40.8 Å². The highest BCUT2D eigenvalue weighted by atomic mass is 16.5. The molecule has 2 unspecified atom stereocenters. The average Bonchev–Trinajstić information content (AvgIpc) is 2.71. The highest BCUT2D eigenvalue weighted by Gasteiger charge is 2.31. The Kier molecular flexibility index (Phi) is 3.94. The predicted molar refractivity (Wildman–Crippen MR) is 70.9 cm³/mol. The van der Waals surface area contributed by atoms with Crippen LogP contribution in [0.3, 0.4) is 0 Å². The predicted octanol–water partition coefficient (Wildman–Crippen LogP) is 0.746. The highest BCUT2D eigenvalue weighted by molar-refractivity contribution is 5.97. The average molecular weight is 279 g/mol. The summed E-state index contributed by atoms with van der Waals surface area (Å²) in [6.45, 7) is 3.61. The van der Waals surface area contributed by atoms with E-state index in [1.807, 2.05) is 19.9 Å². The first kappa shape index (κ1) is 14.3. The van der Waals surface area contributed by atoms with Gasteiger partial charge in [-0.2, -0.15) is 0 Å². The Labute approximate surface area is 116 Å². The van der Waals surface area contributed by atoms with E-state index in [-0.39, 0.29) is 18.6 Å². The van der Waals surface area contributed by atoms with Crippen LogP contribution in [0.15, 0.2) is 18.2 Å². The Morgan fingerprint density at radius 2 is 2.10 bits per heavy atom. The summed E-state index contributed by atoms with van der Waals surface area (Å²) >= 11 is 0. The first-order valence-electron chi connectivity index (χ1n) is 6.40. The fraction of sp³-hybridized carbons (Fsp3) is 0.429. The molecular formula is C14H17NO5. The van der Waals surface area contributed by atoms with E-state index < -0.39 is 18.0 Å². The van der Waals surface area contributed by atoms with Gasteiger partial charge in [0.1, 0.15) is 11.9 Å². The van der Waals surface area contributed by atoms with E-state index >= 15 is 0 Å². The molecule has 108 valence electrons. The maximum atomic E-state index is 12.0. The number of benzene rings is 1. The van der Waals surface area contributed by atoms with Crippen molar-refractivity contribution in [1.82, 2.24) is 5.32 Å². The second-order valence-corrected chi connectivity index (χ2v) is 4.90. The quantitative estimate of drug-likeness (QED) is 0.755. The first-order chi connectivity index (χ1) is 9.41. The number of carbonyl (C=O) groups is 2. The van der Waals surface area contributed by atoms with Crippen molar-refractivity contribution in [1.29, 1.82) is 0 Å². The number of aliphatic hydroxyl groups is 1. The molecule has 1 aromatic carbocycles. The molecule has 0 aromatic heterocycles. The molecule has 0 saturated heterocycles. The van der Waals surface area contributed by atoms with E-state index in [9.17, 15) is 9.59 Å². The van der Waals surface area contributed by atoms with Gasteiger partial charge in [-0.25, -0.2) is 4.79 Å². The van der Waals surface area contributed by atoms with Gasteiger partial charge in [0.2, 0.25) is 0 Å². The van der Waals surface area contributed by atoms with Gasteiger partial charge < -0.3 is 20.3 Å². The number of fused-ring (bicyclic) bond motifs is 1. The van der Waals surface area contributed by atoms with Crippen LogP contribution in [0.1, 0.15) is 35.7 Å². The van der Waals surface area contributed by atoms with Crippen LogP contribution in [0.5, 0.6) is 5.75 Å².